The molecule has 0 amide bonds. The van der Waals surface area contributed by atoms with E-state index in [1.54, 1.807) is 0 Å². The summed E-state index contributed by atoms with van der Waals surface area (Å²) < 4.78 is 11.0. The second-order valence-electron chi connectivity index (χ2n) is 3.00. The molecule has 0 aromatic carbocycles. The van der Waals surface area contributed by atoms with E-state index in [1.807, 2.05) is 0 Å². The molecule has 2 nitrogen and oxygen atoms in total. The Balaban J connectivity index is 1.99. The molecule has 0 bridgehead atoms. The third-order valence-corrected chi connectivity index (χ3v) is 2.11. The molecule has 2 rings (SSSR count). The zero-order valence-electron chi connectivity index (χ0n) is 5.72. The van der Waals surface area contributed by atoms with E-state index in [0.717, 1.165) is 19.4 Å². The summed E-state index contributed by atoms with van der Waals surface area (Å²) in [7, 11) is 0. The summed E-state index contributed by atoms with van der Waals surface area (Å²) in [5.74, 6) is -0.112. The molecule has 0 aromatic rings. The largest absolute Gasteiger partial charge is 0.347 e. The Labute approximate surface area is 55.1 Å². The van der Waals surface area contributed by atoms with Gasteiger partial charge in [0.1, 0.15) is 0 Å². The number of rotatable bonds is 0. The molecule has 9 heavy (non-hydrogen) atoms. The van der Waals surface area contributed by atoms with Crippen LogP contribution in [-0.2, 0) is 9.47 Å². The molecular weight excluding hydrogens is 116 g/mol. The van der Waals surface area contributed by atoms with Crippen molar-refractivity contribution in [2.75, 3.05) is 6.61 Å². The lowest BCUT2D eigenvalue weighted by atomic mass is 9.91. The smallest absolute Gasteiger partial charge is 0.168 e. The Bertz CT molecular complexity index is 118. The van der Waals surface area contributed by atoms with Crippen molar-refractivity contribution >= 4 is 0 Å². The average molecular weight is 128 g/mol. The van der Waals surface area contributed by atoms with Crippen LogP contribution >= 0.6 is 0 Å². The van der Waals surface area contributed by atoms with Crippen molar-refractivity contribution in [3.05, 3.63) is 0 Å². The molecule has 52 valence electrons. The molecular formula is C7H12O2. The quantitative estimate of drug-likeness (QED) is 0.489. The highest BCUT2D eigenvalue weighted by Gasteiger charge is 2.44. The van der Waals surface area contributed by atoms with Gasteiger partial charge in [0.05, 0.1) is 12.7 Å². The maximum atomic E-state index is 5.56. The summed E-state index contributed by atoms with van der Waals surface area (Å²) in [6, 6.07) is 0. The highest BCUT2D eigenvalue weighted by atomic mass is 16.7. The van der Waals surface area contributed by atoms with Crippen molar-refractivity contribution < 1.29 is 9.47 Å². The van der Waals surface area contributed by atoms with E-state index in [9.17, 15) is 0 Å². The average Bonchev–Trinajstić information content (AvgIpc) is 2.09. The highest BCUT2D eigenvalue weighted by molar-refractivity contribution is 4.85. The van der Waals surface area contributed by atoms with Gasteiger partial charge in [-0.05, 0) is 13.3 Å². The summed E-state index contributed by atoms with van der Waals surface area (Å²) in [6.45, 7) is 2.85. The fourth-order valence-electron chi connectivity index (χ4n) is 1.43. The molecule has 1 aliphatic carbocycles. The van der Waals surface area contributed by atoms with Crippen molar-refractivity contribution in [1.82, 2.24) is 0 Å². The molecule has 2 aliphatic rings. The molecule has 1 saturated heterocycles. The molecule has 1 spiro atoms. The van der Waals surface area contributed by atoms with Crippen LogP contribution in [0.3, 0.4) is 0 Å². The minimum Gasteiger partial charge on any atom is -0.347 e. The van der Waals surface area contributed by atoms with E-state index >= 15 is 0 Å². The van der Waals surface area contributed by atoms with Gasteiger partial charge in [0.15, 0.2) is 5.79 Å². The van der Waals surface area contributed by atoms with Crippen LogP contribution in [0.4, 0.5) is 0 Å². The first kappa shape index (κ1) is 5.69. The Kier molecular flexibility index (Phi) is 1.08. The van der Waals surface area contributed by atoms with Gasteiger partial charge in [-0.2, -0.15) is 0 Å². The van der Waals surface area contributed by atoms with Crippen LogP contribution in [0.5, 0.6) is 0 Å². The Morgan fingerprint density at radius 1 is 1.44 bits per heavy atom. The zero-order chi connectivity index (χ0) is 6.32. The van der Waals surface area contributed by atoms with E-state index in [1.165, 1.54) is 6.42 Å². The van der Waals surface area contributed by atoms with Crippen LogP contribution in [0.2, 0.25) is 0 Å². The normalized spacial score (nSPS) is 39.0. The molecule has 1 heterocycles. The van der Waals surface area contributed by atoms with Crippen molar-refractivity contribution in [2.24, 2.45) is 0 Å². The second-order valence-corrected chi connectivity index (χ2v) is 3.00. The van der Waals surface area contributed by atoms with Crippen molar-refractivity contribution in [3.63, 3.8) is 0 Å². The van der Waals surface area contributed by atoms with Gasteiger partial charge in [0, 0.05) is 12.8 Å². The summed E-state index contributed by atoms with van der Waals surface area (Å²) >= 11 is 0. The lowest BCUT2D eigenvalue weighted by molar-refractivity contribution is -0.214. The van der Waals surface area contributed by atoms with Crippen molar-refractivity contribution in [3.8, 4) is 0 Å². The van der Waals surface area contributed by atoms with Gasteiger partial charge in [0.2, 0.25) is 0 Å². The van der Waals surface area contributed by atoms with Crippen LogP contribution in [0.1, 0.15) is 26.2 Å². The van der Waals surface area contributed by atoms with Gasteiger partial charge in [0.25, 0.3) is 0 Å². The number of ether oxygens (including phenoxy) is 2. The van der Waals surface area contributed by atoms with Crippen LogP contribution in [0.25, 0.3) is 0 Å². The Morgan fingerprint density at radius 3 is 2.44 bits per heavy atom. The monoisotopic (exact) mass is 128 g/mol. The Morgan fingerprint density at radius 2 is 2.22 bits per heavy atom. The molecule has 0 N–H and O–H groups in total. The highest BCUT2D eigenvalue weighted by Crippen LogP contribution is 2.41. The number of hydrogen-bond donors (Lipinski definition) is 0. The van der Waals surface area contributed by atoms with Crippen molar-refractivity contribution in [2.45, 2.75) is 38.1 Å². The topological polar surface area (TPSA) is 18.5 Å². The van der Waals surface area contributed by atoms with Crippen LogP contribution < -0.4 is 0 Å². The summed E-state index contributed by atoms with van der Waals surface area (Å²) in [6.07, 6.45) is 3.81. The summed E-state index contributed by atoms with van der Waals surface area (Å²) in [5, 5.41) is 0. The second kappa shape index (κ2) is 1.70. The molecule has 1 aliphatic heterocycles. The SMILES string of the molecule is CC1COC2(CCC2)O1. The molecule has 0 aromatic heterocycles. The van der Waals surface area contributed by atoms with Gasteiger partial charge >= 0.3 is 0 Å². The minimum atomic E-state index is -0.112. The van der Waals surface area contributed by atoms with Gasteiger partial charge in [-0.25, -0.2) is 0 Å². The van der Waals surface area contributed by atoms with Gasteiger partial charge in [-0.15, -0.1) is 0 Å². The van der Waals surface area contributed by atoms with E-state index < -0.39 is 0 Å². The summed E-state index contributed by atoms with van der Waals surface area (Å²) in [5.41, 5.74) is 0. The van der Waals surface area contributed by atoms with E-state index in [4.69, 9.17) is 9.47 Å². The van der Waals surface area contributed by atoms with Crippen LogP contribution in [-0.4, -0.2) is 18.5 Å². The number of hydrogen-bond acceptors (Lipinski definition) is 2. The van der Waals surface area contributed by atoms with Crippen LogP contribution in [0, 0.1) is 0 Å². The molecule has 2 heteroatoms. The first-order chi connectivity index (χ1) is 4.31. The van der Waals surface area contributed by atoms with E-state index in [0.29, 0.717) is 6.10 Å². The fourth-order valence-corrected chi connectivity index (χ4v) is 1.43. The van der Waals surface area contributed by atoms with E-state index in [-0.39, 0.29) is 5.79 Å². The first-order valence-electron chi connectivity index (χ1n) is 3.63. The van der Waals surface area contributed by atoms with Crippen molar-refractivity contribution in [1.29, 1.82) is 0 Å². The predicted octanol–water partition coefficient (Wildman–Crippen LogP) is 1.30. The molecule has 0 radical (unpaired) electrons. The first-order valence-corrected chi connectivity index (χ1v) is 3.63. The molecule has 1 unspecified atom stereocenters. The zero-order valence-corrected chi connectivity index (χ0v) is 5.72. The maximum absolute atomic E-state index is 5.56. The Hall–Kier alpha value is -0.0800. The fraction of sp³-hybridized carbons (Fsp3) is 1.00. The third kappa shape index (κ3) is 0.775. The standard InChI is InChI=1S/C7H12O2/c1-6-5-8-7(9-6)3-2-4-7/h6H,2-5H2,1H3. The summed E-state index contributed by atoms with van der Waals surface area (Å²) in [4.78, 5) is 0. The van der Waals surface area contributed by atoms with E-state index in [2.05, 4.69) is 6.92 Å². The van der Waals surface area contributed by atoms with Gasteiger partial charge < -0.3 is 9.47 Å². The third-order valence-electron chi connectivity index (χ3n) is 2.11. The lowest BCUT2D eigenvalue weighted by Crippen LogP contribution is -2.38. The maximum Gasteiger partial charge on any atom is 0.168 e. The molecule has 1 atom stereocenters. The molecule has 2 fully saturated rings. The predicted molar refractivity (Wildman–Crippen MR) is 33.1 cm³/mol. The lowest BCUT2D eigenvalue weighted by Gasteiger charge is -2.35. The minimum absolute atomic E-state index is 0.112. The van der Waals surface area contributed by atoms with Crippen LogP contribution in [0.15, 0.2) is 0 Å². The molecule has 1 saturated carbocycles. The van der Waals surface area contributed by atoms with Gasteiger partial charge in [-0.3, -0.25) is 0 Å². The van der Waals surface area contributed by atoms with Gasteiger partial charge in [-0.1, -0.05) is 0 Å².